The molecule has 0 unspecified atom stereocenters. The molecule has 0 aliphatic rings. The van der Waals surface area contributed by atoms with Crippen LogP contribution in [0.25, 0.3) is 11.1 Å². The van der Waals surface area contributed by atoms with Gasteiger partial charge in [-0.3, -0.25) is 0 Å². The van der Waals surface area contributed by atoms with Crippen LogP contribution in [0.1, 0.15) is 11.1 Å². The van der Waals surface area contributed by atoms with Crippen LogP contribution in [0, 0.1) is 13.8 Å². The fraction of sp³-hybridized carbons (Fsp3) is 0.294. The Hall–Kier alpha value is -1.92. The van der Waals surface area contributed by atoms with Crippen LogP contribution in [0.4, 0.5) is 13.2 Å². The van der Waals surface area contributed by atoms with E-state index >= 15 is 0 Å². The van der Waals surface area contributed by atoms with E-state index < -0.39 is 6.36 Å². The van der Waals surface area contributed by atoms with Gasteiger partial charge in [0.2, 0.25) is 0 Å². The highest BCUT2D eigenvalue weighted by Gasteiger charge is 2.32. The summed E-state index contributed by atoms with van der Waals surface area (Å²) < 4.78 is 46.7. The van der Waals surface area contributed by atoms with Gasteiger partial charge in [0.15, 0.2) is 11.5 Å². The molecule has 2 aromatic rings. The van der Waals surface area contributed by atoms with Gasteiger partial charge >= 0.3 is 6.36 Å². The maximum Gasteiger partial charge on any atom is 0.573 e. The van der Waals surface area contributed by atoms with Gasteiger partial charge in [0.1, 0.15) is 6.61 Å². The standard InChI is InChI=1S/C17H18F3NO2.ClH/c1-11-7-12(2)9-14(8-11)13-3-4-15(23-17(18,19)20)16(10-13)22-6-5-21;/h3-4,7-10H,5-6,21H2,1-2H3;1H. The molecule has 0 heterocycles. The molecular formula is C17H19ClF3NO2. The molecule has 0 bridgehead atoms. The van der Waals surface area contributed by atoms with E-state index in [0.717, 1.165) is 22.3 Å². The fourth-order valence-corrected chi connectivity index (χ4v) is 2.32. The number of halogens is 4. The van der Waals surface area contributed by atoms with Crippen molar-refractivity contribution in [1.82, 2.24) is 0 Å². The molecule has 0 spiro atoms. The van der Waals surface area contributed by atoms with Gasteiger partial charge < -0.3 is 15.2 Å². The van der Waals surface area contributed by atoms with E-state index in [4.69, 9.17) is 10.5 Å². The van der Waals surface area contributed by atoms with Crippen LogP contribution in [0.3, 0.4) is 0 Å². The van der Waals surface area contributed by atoms with E-state index in [-0.39, 0.29) is 37.1 Å². The van der Waals surface area contributed by atoms with Crippen LogP contribution >= 0.6 is 12.4 Å². The molecule has 132 valence electrons. The molecule has 0 atom stereocenters. The van der Waals surface area contributed by atoms with Crippen molar-refractivity contribution in [3.63, 3.8) is 0 Å². The third-order valence-electron chi connectivity index (χ3n) is 3.10. The molecule has 0 aromatic heterocycles. The Kier molecular flexibility index (Phi) is 6.93. The molecule has 0 saturated carbocycles. The quantitative estimate of drug-likeness (QED) is 0.844. The van der Waals surface area contributed by atoms with Crippen molar-refractivity contribution in [2.45, 2.75) is 20.2 Å². The SMILES string of the molecule is Cc1cc(C)cc(-c2ccc(OC(F)(F)F)c(OCCN)c2)c1.Cl. The Bertz CT molecular complexity index is 670. The number of nitrogens with two attached hydrogens (primary N) is 1. The van der Waals surface area contributed by atoms with Crippen molar-refractivity contribution in [2.24, 2.45) is 5.73 Å². The summed E-state index contributed by atoms with van der Waals surface area (Å²) in [7, 11) is 0. The third kappa shape index (κ3) is 5.62. The second-order valence-electron chi connectivity index (χ2n) is 5.22. The summed E-state index contributed by atoms with van der Waals surface area (Å²) >= 11 is 0. The number of aryl methyl sites for hydroxylation is 2. The molecule has 7 heteroatoms. The van der Waals surface area contributed by atoms with Crippen LogP contribution in [-0.2, 0) is 0 Å². The second kappa shape index (κ2) is 8.26. The minimum Gasteiger partial charge on any atom is -0.488 e. The highest BCUT2D eigenvalue weighted by atomic mass is 35.5. The van der Waals surface area contributed by atoms with E-state index in [1.165, 1.54) is 12.1 Å². The van der Waals surface area contributed by atoms with Gasteiger partial charge in [-0.2, -0.15) is 0 Å². The lowest BCUT2D eigenvalue weighted by molar-refractivity contribution is -0.275. The third-order valence-corrected chi connectivity index (χ3v) is 3.10. The molecular weight excluding hydrogens is 343 g/mol. The minimum atomic E-state index is -4.78. The fourth-order valence-electron chi connectivity index (χ4n) is 2.32. The Balaban J connectivity index is 0.00000288. The largest absolute Gasteiger partial charge is 0.573 e. The number of hydrogen-bond acceptors (Lipinski definition) is 3. The summed E-state index contributed by atoms with van der Waals surface area (Å²) in [5, 5.41) is 0. The molecule has 0 aliphatic heterocycles. The topological polar surface area (TPSA) is 44.5 Å². The number of alkyl halides is 3. The maximum atomic E-state index is 12.5. The van der Waals surface area contributed by atoms with Gasteiger partial charge in [-0.05, 0) is 37.1 Å². The zero-order chi connectivity index (χ0) is 17.0. The van der Waals surface area contributed by atoms with Crippen molar-refractivity contribution in [2.75, 3.05) is 13.2 Å². The molecule has 0 fully saturated rings. The zero-order valence-corrected chi connectivity index (χ0v) is 14.1. The molecule has 0 saturated heterocycles. The number of rotatable bonds is 5. The first kappa shape index (κ1) is 20.1. The first-order valence-corrected chi connectivity index (χ1v) is 7.10. The van der Waals surface area contributed by atoms with E-state index in [1.54, 1.807) is 6.07 Å². The monoisotopic (exact) mass is 361 g/mol. The maximum absolute atomic E-state index is 12.5. The van der Waals surface area contributed by atoms with Gasteiger partial charge in [0, 0.05) is 6.54 Å². The molecule has 0 radical (unpaired) electrons. The molecule has 2 rings (SSSR count). The van der Waals surface area contributed by atoms with E-state index in [9.17, 15) is 13.2 Å². The summed E-state index contributed by atoms with van der Waals surface area (Å²) in [6, 6.07) is 10.3. The second-order valence-corrected chi connectivity index (χ2v) is 5.22. The smallest absolute Gasteiger partial charge is 0.488 e. The van der Waals surface area contributed by atoms with Crippen LogP contribution in [-0.4, -0.2) is 19.5 Å². The number of benzene rings is 2. The normalized spacial score (nSPS) is 10.9. The summed E-state index contributed by atoms with van der Waals surface area (Å²) in [6.45, 7) is 4.22. The van der Waals surface area contributed by atoms with Crippen LogP contribution < -0.4 is 15.2 Å². The molecule has 0 aliphatic carbocycles. The predicted molar refractivity (Wildman–Crippen MR) is 89.8 cm³/mol. The Morgan fingerprint density at radius 1 is 0.917 bits per heavy atom. The average molecular weight is 362 g/mol. The molecule has 24 heavy (non-hydrogen) atoms. The molecule has 3 nitrogen and oxygen atoms in total. The van der Waals surface area contributed by atoms with Crippen LogP contribution in [0.15, 0.2) is 36.4 Å². The first-order valence-electron chi connectivity index (χ1n) is 7.10. The summed E-state index contributed by atoms with van der Waals surface area (Å²) in [6.07, 6.45) is -4.78. The highest BCUT2D eigenvalue weighted by molar-refractivity contribution is 5.85. The van der Waals surface area contributed by atoms with Crippen molar-refractivity contribution in [1.29, 1.82) is 0 Å². The zero-order valence-electron chi connectivity index (χ0n) is 13.3. The van der Waals surface area contributed by atoms with Crippen molar-refractivity contribution in [3.8, 4) is 22.6 Å². The Morgan fingerprint density at radius 2 is 1.54 bits per heavy atom. The Labute approximate surface area is 145 Å². The lowest BCUT2D eigenvalue weighted by Gasteiger charge is -2.15. The summed E-state index contributed by atoms with van der Waals surface area (Å²) in [5.74, 6) is -0.358. The van der Waals surface area contributed by atoms with Crippen molar-refractivity contribution in [3.05, 3.63) is 47.5 Å². The molecule has 0 amide bonds. The average Bonchev–Trinajstić information content (AvgIpc) is 2.43. The number of hydrogen-bond donors (Lipinski definition) is 1. The van der Waals surface area contributed by atoms with Gasteiger partial charge in [-0.25, -0.2) is 0 Å². The van der Waals surface area contributed by atoms with Crippen LogP contribution in [0.2, 0.25) is 0 Å². The van der Waals surface area contributed by atoms with Crippen LogP contribution in [0.5, 0.6) is 11.5 Å². The minimum absolute atomic E-state index is 0. The predicted octanol–water partition coefficient (Wildman–Crippen LogP) is 4.63. The van der Waals surface area contributed by atoms with Gasteiger partial charge in [0.05, 0.1) is 0 Å². The van der Waals surface area contributed by atoms with E-state index in [2.05, 4.69) is 4.74 Å². The first-order chi connectivity index (χ1) is 10.8. The van der Waals surface area contributed by atoms with E-state index in [1.807, 2.05) is 32.0 Å². The summed E-state index contributed by atoms with van der Waals surface area (Å²) in [5.41, 5.74) is 9.14. The van der Waals surface area contributed by atoms with Crippen molar-refractivity contribution >= 4 is 12.4 Å². The lowest BCUT2D eigenvalue weighted by Crippen LogP contribution is -2.18. The summed E-state index contributed by atoms with van der Waals surface area (Å²) in [4.78, 5) is 0. The lowest BCUT2D eigenvalue weighted by atomic mass is 10.0. The van der Waals surface area contributed by atoms with Crippen molar-refractivity contribution < 1.29 is 22.6 Å². The molecule has 2 aromatic carbocycles. The highest BCUT2D eigenvalue weighted by Crippen LogP contribution is 2.36. The van der Waals surface area contributed by atoms with Gasteiger partial charge in [-0.1, -0.05) is 35.4 Å². The van der Waals surface area contributed by atoms with Gasteiger partial charge in [0.25, 0.3) is 0 Å². The Morgan fingerprint density at radius 3 is 2.08 bits per heavy atom. The molecule has 2 N–H and O–H groups in total. The van der Waals surface area contributed by atoms with Gasteiger partial charge in [-0.15, -0.1) is 25.6 Å². The van der Waals surface area contributed by atoms with E-state index in [0.29, 0.717) is 0 Å². The number of ether oxygens (including phenoxy) is 2.